The molecule has 15 heavy (non-hydrogen) atoms. The van der Waals surface area contributed by atoms with E-state index in [-0.39, 0.29) is 17.5 Å². The lowest BCUT2D eigenvalue weighted by Crippen LogP contribution is -2.05. The standard InChI is InChI=1S/C9H13N3O2S/c1-5-8(14)7(4-15-9(10)11)6(3-13)2-12-5/h2,13-14H,3-4H2,1H3,(H3,10,11). The third-order valence-electron chi connectivity index (χ3n) is 1.97. The number of pyridine rings is 1. The molecule has 5 nitrogen and oxygen atoms in total. The third-order valence-corrected chi connectivity index (χ3v) is 2.72. The Morgan fingerprint density at radius 3 is 2.87 bits per heavy atom. The molecule has 0 amide bonds. The predicted octanol–water partition coefficient (Wildman–Crippen LogP) is 0.715. The van der Waals surface area contributed by atoms with Crippen LogP contribution in [0.4, 0.5) is 0 Å². The van der Waals surface area contributed by atoms with Crippen LogP contribution in [0.15, 0.2) is 6.20 Å². The molecular formula is C9H13N3O2S. The number of amidine groups is 1. The normalized spacial score (nSPS) is 10.3. The fourth-order valence-corrected chi connectivity index (χ4v) is 1.75. The number of aliphatic hydroxyl groups is 1. The number of rotatable bonds is 3. The summed E-state index contributed by atoms with van der Waals surface area (Å²) in [6.07, 6.45) is 1.52. The van der Waals surface area contributed by atoms with E-state index in [1.807, 2.05) is 0 Å². The maximum atomic E-state index is 9.72. The van der Waals surface area contributed by atoms with Crippen LogP contribution in [0.2, 0.25) is 0 Å². The van der Waals surface area contributed by atoms with E-state index in [0.29, 0.717) is 22.6 Å². The SMILES string of the molecule is Cc1ncc(CO)c(CSC(=N)N)c1O. The van der Waals surface area contributed by atoms with E-state index in [4.69, 9.17) is 16.2 Å². The molecule has 1 rings (SSSR count). The molecule has 0 fully saturated rings. The highest BCUT2D eigenvalue weighted by Crippen LogP contribution is 2.27. The molecule has 0 radical (unpaired) electrons. The average Bonchev–Trinajstić information content (AvgIpc) is 2.20. The summed E-state index contributed by atoms with van der Waals surface area (Å²) in [6.45, 7) is 1.49. The number of nitrogens with one attached hydrogen (secondary N) is 1. The van der Waals surface area contributed by atoms with Crippen LogP contribution in [0.25, 0.3) is 0 Å². The molecular weight excluding hydrogens is 214 g/mol. The van der Waals surface area contributed by atoms with Crippen molar-refractivity contribution in [1.82, 2.24) is 4.98 Å². The second-order valence-electron chi connectivity index (χ2n) is 3.01. The number of thioether (sulfide) groups is 1. The minimum absolute atomic E-state index is 0.0206. The number of nitrogens with two attached hydrogens (primary N) is 1. The van der Waals surface area contributed by atoms with E-state index in [9.17, 15) is 5.11 Å². The van der Waals surface area contributed by atoms with Gasteiger partial charge in [0.05, 0.1) is 12.3 Å². The number of aliphatic hydroxyl groups excluding tert-OH is 1. The van der Waals surface area contributed by atoms with Crippen LogP contribution in [0, 0.1) is 12.3 Å². The highest BCUT2D eigenvalue weighted by Gasteiger charge is 2.11. The van der Waals surface area contributed by atoms with E-state index in [2.05, 4.69) is 4.98 Å². The molecule has 6 heteroatoms. The van der Waals surface area contributed by atoms with E-state index in [1.54, 1.807) is 6.92 Å². The van der Waals surface area contributed by atoms with Crippen molar-refractivity contribution in [3.63, 3.8) is 0 Å². The van der Waals surface area contributed by atoms with Crippen molar-refractivity contribution in [2.45, 2.75) is 19.3 Å². The van der Waals surface area contributed by atoms with Crippen molar-refractivity contribution in [1.29, 1.82) is 5.41 Å². The Morgan fingerprint density at radius 1 is 1.67 bits per heavy atom. The second kappa shape index (κ2) is 4.99. The lowest BCUT2D eigenvalue weighted by atomic mass is 10.1. The lowest BCUT2D eigenvalue weighted by Gasteiger charge is -2.10. The molecule has 0 atom stereocenters. The van der Waals surface area contributed by atoms with Gasteiger partial charge in [-0.25, -0.2) is 0 Å². The molecule has 0 unspecified atom stereocenters. The van der Waals surface area contributed by atoms with Crippen LogP contribution in [0.5, 0.6) is 5.75 Å². The van der Waals surface area contributed by atoms with Gasteiger partial charge in [-0.2, -0.15) is 0 Å². The second-order valence-corrected chi connectivity index (χ2v) is 4.02. The zero-order chi connectivity index (χ0) is 11.4. The summed E-state index contributed by atoms with van der Waals surface area (Å²) in [7, 11) is 0. The van der Waals surface area contributed by atoms with Gasteiger partial charge in [-0.05, 0) is 6.92 Å². The van der Waals surface area contributed by atoms with E-state index < -0.39 is 0 Å². The van der Waals surface area contributed by atoms with E-state index >= 15 is 0 Å². The number of nitrogens with zero attached hydrogens (tertiary/aromatic N) is 1. The molecule has 0 saturated heterocycles. The van der Waals surface area contributed by atoms with Gasteiger partial charge in [0.15, 0.2) is 5.17 Å². The number of aromatic nitrogens is 1. The Kier molecular flexibility index (Phi) is 3.93. The minimum Gasteiger partial charge on any atom is -0.506 e. The van der Waals surface area contributed by atoms with Gasteiger partial charge in [-0.3, -0.25) is 10.4 Å². The molecule has 1 aromatic heterocycles. The van der Waals surface area contributed by atoms with Gasteiger partial charge < -0.3 is 15.9 Å². The van der Waals surface area contributed by atoms with Crippen molar-refractivity contribution >= 4 is 16.9 Å². The number of aryl methyl sites for hydroxylation is 1. The predicted molar refractivity (Wildman–Crippen MR) is 59.8 cm³/mol. The molecule has 5 N–H and O–H groups in total. The molecule has 82 valence electrons. The Morgan fingerprint density at radius 2 is 2.33 bits per heavy atom. The monoisotopic (exact) mass is 227 g/mol. The van der Waals surface area contributed by atoms with Crippen molar-refractivity contribution in [2.24, 2.45) is 5.73 Å². The summed E-state index contributed by atoms with van der Waals surface area (Å²) < 4.78 is 0. The first-order chi connectivity index (χ1) is 7.06. The topological polar surface area (TPSA) is 103 Å². The van der Waals surface area contributed by atoms with E-state index in [0.717, 1.165) is 11.8 Å². The summed E-state index contributed by atoms with van der Waals surface area (Å²) in [6, 6.07) is 0. The first-order valence-electron chi connectivity index (χ1n) is 4.30. The molecule has 0 saturated carbocycles. The van der Waals surface area contributed by atoms with Gasteiger partial charge >= 0.3 is 0 Å². The van der Waals surface area contributed by atoms with Crippen LogP contribution in [-0.4, -0.2) is 20.4 Å². The van der Waals surface area contributed by atoms with Crippen molar-refractivity contribution in [2.75, 3.05) is 0 Å². The molecule has 0 aliphatic rings. The molecule has 0 aliphatic carbocycles. The van der Waals surface area contributed by atoms with Gasteiger partial charge in [0, 0.05) is 23.1 Å². The van der Waals surface area contributed by atoms with Gasteiger partial charge in [0.25, 0.3) is 0 Å². The third kappa shape index (κ3) is 2.84. The molecule has 0 spiro atoms. The zero-order valence-electron chi connectivity index (χ0n) is 8.32. The Balaban J connectivity index is 3.01. The fourth-order valence-electron chi connectivity index (χ4n) is 1.13. The van der Waals surface area contributed by atoms with Crippen molar-refractivity contribution in [3.05, 3.63) is 23.0 Å². The minimum atomic E-state index is -0.186. The van der Waals surface area contributed by atoms with Crippen molar-refractivity contribution in [3.8, 4) is 5.75 Å². The fraction of sp³-hybridized carbons (Fsp3) is 0.333. The van der Waals surface area contributed by atoms with Crippen LogP contribution >= 0.6 is 11.8 Å². The van der Waals surface area contributed by atoms with Crippen molar-refractivity contribution < 1.29 is 10.2 Å². The Hall–Kier alpha value is -1.27. The molecule has 0 aliphatic heterocycles. The zero-order valence-corrected chi connectivity index (χ0v) is 9.14. The van der Waals surface area contributed by atoms with Gasteiger partial charge in [-0.1, -0.05) is 11.8 Å². The summed E-state index contributed by atoms with van der Waals surface area (Å²) in [5, 5.41) is 25.8. The van der Waals surface area contributed by atoms with Gasteiger partial charge in [0.2, 0.25) is 0 Å². The smallest absolute Gasteiger partial charge is 0.151 e. The van der Waals surface area contributed by atoms with Crippen LogP contribution in [0.3, 0.4) is 0 Å². The van der Waals surface area contributed by atoms with Crippen LogP contribution < -0.4 is 5.73 Å². The summed E-state index contributed by atoms with van der Waals surface area (Å²) >= 11 is 1.10. The van der Waals surface area contributed by atoms with Crippen LogP contribution in [0.1, 0.15) is 16.8 Å². The van der Waals surface area contributed by atoms with Gasteiger partial charge in [-0.15, -0.1) is 0 Å². The average molecular weight is 227 g/mol. The summed E-state index contributed by atoms with van der Waals surface area (Å²) in [4.78, 5) is 3.93. The Bertz CT molecular complexity index is 382. The maximum Gasteiger partial charge on any atom is 0.151 e. The highest BCUT2D eigenvalue weighted by molar-refractivity contribution is 8.13. The highest BCUT2D eigenvalue weighted by atomic mass is 32.2. The molecule has 1 aromatic rings. The van der Waals surface area contributed by atoms with E-state index in [1.165, 1.54) is 6.20 Å². The number of aromatic hydroxyl groups is 1. The maximum absolute atomic E-state index is 9.72. The number of hydrogen-bond donors (Lipinski definition) is 4. The summed E-state index contributed by atoms with van der Waals surface area (Å²) in [5.74, 6) is 0.427. The molecule has 0 aromatic carbocycles. The Labute approximate surface area is 91.8 Å². The first kappa shape index (κ1) is 11.8. The molecule has 1 heterocycles. The first-order valence-corrected chi connectivity index (χ1v) is 5.28. The quantitative estimate of drug-likeness (QED) is 0.450. The van der Waals surface area contributed by atoms with Crippen LogP contribution in [-0.2, 0) is 12.4 Å². The largest absolute Gasteiger partial charge is 0.506 e. The summed E-state index contributed by atoms with van der Waals surface area (Å²) in [5.41, 5.74) is 6.86. The number of hydrogen-bond acceptors (Lipinski definition) is 5. The lowest BCUT2D eigenvalue weighted by molar-refractivity contribution is 0.279. The molecule has 0 bridgehead atoms. The van der Waals surface area contributed by atoms with Gasteiger partial charge in [0.1, 0.15) is 5.75 Å².